The molecule has 1 aromatic heterocycles. The lowest BCUT2D eigenvalue weighted by Gasteiger charge is -2.30. The fraction of sp³-hybridized carbons (Fsp3) is 0.400. The van der Waals surface area contributed by atoms with Crippen molar-refractivity contribution < 1.29 is 14.3 Å². The summed E-state index contributed by atoms with van der Waals surface area (Å²) in [6.45, 7) is 5.46. The molecule has 0 bridgehead atoms. The molecule has 0 saturated carbocycles. The fourth-order valence-electron chi connectivity index (χ4n) is 3.23. The monoisotopic (exact) mass is 368 g/mol. The van der Waals surface area contributed by atoms with Gasteiger partial charge in [0.1, 0.15) is 17.3 Å². The van der Waals surface area contributed by atoms with Crippen molar-refractivity contribution in [3.05, 3.63) is 47.4 Å². The summed E-state index contributed by atoms with van der Waals surface area (Å²) in [6.07, 6.45) is 2.18. The molecule has 1 fully saturated rings. The van der Waals surface area contributed by atoms with E-state index in [4.69, 9.17) is 4.74 Å². The molecule has 7 heteroatoms. The van der Waals surface area contributed by atoms with Gasteiger partial charge in [-0.25, -0.2) is 14.8 Å². The minimum absolute atomic E-state index is 0.0591. The highest BCUT2D eigenvalue weighted by atomic mass is 16.5. The van der Waals surface area contributed by atoms with E-state index in [0.717, 1.165) is 31.6 Å². The van der Waals surface area contributed by atoms with Gasteiger partial charge >= 0.3 is 5.97 Å². The number of esters is 1. The smallest absolute Gasteiger partial charge is 0.337 e. The predicted molar refractivity (Wildman–Crippen MR) is 102 cm³/mol. The van der Waals surface area contributed by atoms with Gasteiger partial charge in [-0.05, 0) is 49.9 Å². The maximum absolute atomic E-state index is 12.8. The molecule has 27 heavy (non-hydrogen) atoms. The molecule has 0 radical (unpaired) electrons. The lowest BCUT2D eigenvalue weighted by Crippen LogP contribution is -2.39. The molecule has 1 unspecified atom stereocenters. The van der Waals surface area contributed by atoms with E-state index in [1.165, 1.54) is 7.11 Å². The van der Waals surface area contributed by atoms with Gasteiger partial charge in [-0.1, -0.05) is 6.92 Å². The van der Waals surface area contributed by atoms with Crippen molar-refractivity contribution in [3.63, 3.8) is 0 Å². The summed E-state index contributed by atoms with van der Waals surface area (Å²) in [4.78, 5) is 34.9. The first kappa shape index (κ1) is 18.8. The summed E-state index contributed by atoms with van der Waals surface area (Å²) in [5.74, 6) is 1.14. The van der Waals surface area contributed by atoms with Gasteiger partial charge in [0.15, 0.2) is 0 Å². The van der Waals surface area contributed by atoms with Gasteiger partial charge in [0.2, 0.25) is 0 Å². The summed E-state index contributed by atoms with van der Waals surface area (Å²) in [7, 11) is 1.35. The van der Waals surface area contributed by atoms with Crippen molar-refractivity contribution >= 4 is 23.4 Å². The Kier molecular flexibility index (Phi) is 5.69. The molecule has 3 rings (SSSR count). The number of nitrogens with one attached hydrogen (secondary N) is 1. The van der Waals surface area contributed by atoms with Gasteiger partial charge in [-0.3, -0.25) is 4.79 Å². The number of carbonyl (C=O) groups is 2. The molecule has 1 aliphatic rings. The summed E-state index contributed by atoms with van der Waals surface area (Å²) < 4.78 is 4.70. The highest BCUT2D eigenvalue weighted by Crippen LogP contribution is 2.20. The minimum Gasteiger partial charge on any atom is -0.465 e. The second-order valence-electron chi connectivity index (χ2n) is 6.88. The van der Waals surface area contributed by atoms with E-state index in [9.17, 15) is 9.59 Å². The van der Waals surface area contributed by atoms with Crippen LogP contribution in [0.1, 0.15) is 46.4 Å². The van der Waals surface area contributed by atoms with Gasteiger partial charge in [-0.2, -0.15) is 0 Å². The molecular weight excluding hydrogens is 344 g/mol. The van der Waals surface area contributed by atoms with Crippen LogP contribution in [0.25, 0.3) is 0 Å². The van der Waals surface area contributed by atoms with Crippen LogP contribution in [-0.4, -0.2) is 46.9 Å². The number of methoxy groups -OCH3 is 1. The lowest BCUT2D eigenvalue weighted by atomic mass is 10.00. The van der Waals surface area contributed by atoms with Gasteiger partial charge in [0.05, 0.1) is 12.7 Å². The van der Waals surface area contributed by atoms with Gasteiger partial charge in [0, 0.05) is 24.8 Å². The Labute approximate surface area is 158 Å². The average Bonchev–Trinajstić information content (AvgIpc) is 2.67. The van der Waals surface area contributed by atoms with Crippen LogP contribution in [-0.2, 0) is 4.74 Å². The third kappa shape index (κ3) is 4.61. The van der Waals surface area contributed by atoms with Crippen LogP contribution in [0.4, 0.5) is 11.5 Å². The number of benzene rings is 1. The van der Waals surface area contributed by atoms with E-state index in [2.05, 4.69) is 22.2 Å². The molecule has 1 amide bonds. The number of carbonyl (C=O) groups excluding carboxylic acids is 2. The SMILES string of the molecule is COC(=O)c1ccc(Nc2cc(C(=O)N3CCCC(C)C3)nc(C)n2)cc1. The topological polar surface area (TPSA) is 84.4 Å². The minimum atomic E-state index is -0.386. The maximum Gasteiger partial charge on any atom is 0.337 e. The zero-order chi connectivity index (χ0) is 19.4. The molecule has 1 atom stereocenters. The van der Waals surface area contributed by atoms with Crippen molar-refractivity contribution in [2.75, 3.05) is 25.5 Å². The third-order valence-electron chi connectivity index (χ3n) is 4.58. The molecule has 1 saturated heterocycles. The van der Waals surface area contributed by atoms with E-state index in [-0.39, 0.29) is 11.9 Å². The number of anilines is 2. The molecular formula is C20H24N4O3. The number of amides is 1. The number of likely N-dealkylation sites (tertiary alicyclic amines) is 1. The molecule has 1 N–H and O–H groups in total. The summed E-state index contributed by atoms with van der Waals surface area (Å²) in [5, 5.41) is 3.16. The summed E-state index contributed by atoms with van der Waals surface area (Å²) >= 11 is 0. The van der Waals surface area contributed by atoms with Gasteiger partial charge in [0.25, 0.3) is 5.91 Å². The molecule has 0 spiro atoms. The first-order valence-corrected chi connectivity index (χ1v) is 9.06. The number of piperidine rings is 1. The number of rotatable bonds is 4. The summed E-state index contributed by atoms with van der Waals surface area (Å²) in [6, 6.07) is 8.53. The molecule has 1 aliphatic heterocycles. The van der Waals surface area contributed by atoms with Crippen LogP contribution in [0, 0.1) is 12.8 Å². The van der Waals surface area contributed by atoms with Crippen LogP contribution in [0.3, 0.4) is 0 Å². The Hall–Kier alpha value is -2.96. The van der Waals surface area contributed by atoms with Crippen LogP contribution < -0.4 is 5.32 Å². The highest BCUT2D eigenvalue weighted by molar-refractivity contribution is 5.93. The van der Waals surface area contributed by atoms with Gasteiger partial charge < -0.3 is 15.0 Å². The highest BCUT2D eigenvalue weighted by Gasteiger charge is 2.23. The zero-order valence-electron chi connectivity index (χ0n) is 15.9. The average molecular weight is 368 g/mol. The van der Waals surface area contributed by atoms with E-state index in [1.54, 1.807) is 37.3 Å². The number of hydrogen-bond acceptors (Lipinski definition) is 6. The standard InChI is InChI=1S/C20H24N4O3/c1-13-5-4-10-24(12-13)19(25)17-11-18(22-14(2)21-17)23-16-8-6-15(7-9-16)20(26)27-3/h6-9,11,13H,4-5,10,12H2,1-3H3,(H,21,22,23). The molecule has 0 aliphatic carbocycles. The second-order valence-corrected chi connectivity index (χ2v) is 6.88. The normalized spacial score (nSPS) is 16.7. The first-order valence-electron chi connectivity index (χ1n) is 9.06. The Bertz CT molecular complexity index is 836. The van der Waals surface area contributed by atoms with E-state index in [0.29, 0.717) is 28.8 Å². The first-order chi connectivity index (χ1) is 13.0. The Morgan fingerprint density at radius 1 is 1.22 bits per heavy atom. The number of aromatic nitrogens is 2. The van der Waals surface area contributed by atoms with E-state index in [1.807, 2.05) is 4.90 Å². The Balaban J connectivity index is 1.77. The van der Waals surface area contributed by atoms with Crippen LogP contribution in [0.2, 0.25) is 0 Å². The molecule has 2 aromatic rings. The second kappa shape index (κ2) is 8.16. The maximum atomic E-state index is 12.8. The van der Waals surface area contributed by atoms with Crippen LogP contribution >= 0.6 is 0 Å². The van der Waals surface area contributed by atoms with Crippen molar-refractivity contribution in [2.45, 2.75) is 26.7 Å². The van der Waals surface area contributed by atoms with Crippen LogP contribution in [0.15, 0.2) is 30.3 Å². The largest absolute Gasteiger partial charge is 0.465 e. The Morgan fingerprint density at radius 2 is 1.96 bits per heavy atom. The predicted octanol–water partition coefficient (Wildman–Crippen LogP) is 3.19. The molecule has 7 nitrogen and oxygen atoms in total. The number of aryl methyl sites for hydroxylation is 1. The van der Waals surface area contributed by atoms with Crippen molar-refractivity contribution in [1.82, 2.24) is 14.9 Å². The molecule has 1 aromatic carbocycles. The van der Waals surface area contributed by atoms with Crippen LogP contribution in [0.5, 0.6) is 0 Å². The van der Waals surface area contributed by atoms with Crippen molar-refractivity contribution in [2.24, 2.45) is 5.92 Å². The zero-order valence-corrected chi connectivity index (χ0v) is 15.9. The number of hydrogen-bond donors (Lipinski definition) is 1. The fourth-order valence-corrected chi connectivity index (χ4v) is 3.23. The van der Waals surface area contributed by atoms with E-state index < -0.39 is 0 Å². The molecule has 142 valence electrons. The Morgan fingerprint density at radius 3 is 2.63 bits per heavy atom. The van der Waals surface area contributed by atoms with Crippen molar-refractivity contribution in [3.8, 4) is 0 Å². The van der Waals surface area contributed by atoms with Crippen molar-refractivity contribution in [1.29, 1.82) is 0 Å². The quantitative estimate of drug-likeness (QED) is 0.835. The molecule has 2 heterocycles. The van der Waals surface area contributed by atoms with Gasteiger partial charge in [-0.15, -0.1) is 0 Å². The lowest BCUT2D eigenvalue weighted by molar-refractivity contribution is 0.0600. The van der Waals surface area contributed by atoms with E-state index >= 15 is 0 Å². The number of ether oxygens (including phenoxy) is 1. The number of nitrogens with zero attached hydrogens (tertiary/aromatic N) is 3. The summed E-state index contributed by atoms with van der Waals surface area (Å²) in [5.41, 5.74) is 1.62. The third-order valence-corrected chi connectivity index (χ3v) is 4.58.